The first-order valence-electron chi connectivity index (χ1n) is 7.21. The van der Waals surface area contributed by atoms with Crippen LogP contribution in [0.25, 0.3) is 0 Å². The van der Waals surface area contributed by atoms with Gasteiger partial charge in [0.1, 0.15) is 18.2 Å². The van der Waals surface area contributed by atoms with Gasteiger partial charge in [-0.25, -0.2) is 4.98 Å². The number of methoxy groups -OCH3 is 1. The lowest BCUT2D eigenvalue weighted by molar-refractivity contribution is 0.184. The Hall–Kier alpha value is -2.07. The maximum Gasteiger partial charge on any atom is 0.126 e. The van der Waals surface area contributed by atoms with Crippen LogP contribution < -0.4 is 10.1 Å². The van der Waals surface area contributed by atoms with Gasteiger partial charge in [-0.15, -0.1) is 0 Å². The maximum atomic E-state index is 5.83. The van der Waals surface area contributed by atoms with Gasteiger partial charge in [-0.3, -0.25) is 0 Å². The van der Waals surface area contributed by atoms with Gasteiger partial charge in [0.2, 0.25) is 0 Å². The summed E-state index contributed by atoms with van der Waals surface area (Å²) < 4.78 is 11.0. The molecule has 1 aromatic heterocycles. The van der Waals surface area contributed by atoms with E-state index < -0.39 is 0 Å². The van der Waals surface area contributed by atoms with Crippen LogP contribution >= 0.6 is 0 Å². The van der Waals surface area contributed by atoms with E-state index >= 15 is 0 Å². The number of hydrogen-bond donors (Lipinski definition) is 1. The largest absolute Gasteiger partial charge is 0.489 e. The summed E-state index contributed by atoms with van der Waals surface area (Å²) in [5.41, 5.74) is 2.20. The van der Waals surface area contributed by atoms with Crippen LogP contribution in [0.15, 0.2) is 42.6 Å². The fourth-order valence-electron chi connectivity index (χ4n) is 1.97. The van der Waals surface area contributed by atoms with Crippen LogP contribution in [0, 0.1) is 0 Å². The Bertz CT molecular complexity index is 558. The standard InChI is InChI=1S/C17H22N2O2/c1-3-8-18-17-11-15(7-9-19-17)13-21-16-6-4-5-14(10-16)12-20-2/h4-7,9-11H,3,8,12-13H2,1-2H3,(H,18,19). The van der Waals surface area contributed by atoms with Crippen molar-refractivity contribution in [2.45, 2.75) is 26.6 Å². The summed E-state index contributed by atoms with van der Waals surface area (Å²) in [4.78, 5) is 4.29. The van der Waals surface area contributed by atoms with Gasteiger partial charge >= 0.3 is 0 Å². The van der Waals surface area contributed by atoms with E-state index in [1.54, 1.807) is 13.3 Å². The highest BCUT2D eigenvalue weighted by Crippen LogP contribution is 2.16. The topological polar surface area (TPSA) is 43.4 Å². The molecular weight excluding hydrogens is 264 g/mol. The van der Waals surface area contributed by atoms with Crippen molar-refractivity contribution in [3.63, 3.8) is 0 Å². The Morgan fingerprint density at radius 1 is 1.10 bits per heavy atom. The van der Waals surface area contributed by atoms with Crippen LogP contribution in [0.2, 0.25) is 0 Å². The van der Waals surface area contributed by atoms with E-state index in [0.717, 1.165) is 35.7 Å². The number of nitrogens with one attached hydrogen (secondary N) is 1. The molecule has 21 heavy (non-hydrogen) atoms. The highest BCUT2D eigenvalue weighted by molar-refractivity contribution is 5.37. The van der Waals surface area contributed by atoms with Crippen molar-refractivity contribution in [1.82, 2.24) is 4.98 Å². The van der Waals surface area contributed by atoms with Gasteiger partial charge in [-0.05, 0) is 41.8 Å². The van der Waals surface area contributed by atoms with Crippen LogP contribution in [0.5, 0.6) is 5.75 Å². The summed E-state index contributed by atoms with van der Waals surface area (Å²) in [5.74, 6) is 1.75. The third-order valence-corrected chi connectivity index (χ3v) is 3.00. The molecule has 4 heteroatoms. The Labute approximate surface area is 126 Å². The molecule has 0 saturated carbocycles. The van der Waals surface area contributed by atoms with Crippen LogP contribution in [0.1, 0.15) is 24.5 Å². The smallest absolute Gasteiger partial charge is 0.126 e. The van der Waals surface area contributed by atoms with Crippen molar-refractivity contribution in [2.75, 3.05) is 19.0 Å². The second-order valence-electron chi connectivity index (χ2n) is 4.85. The zero-order valence-electron chi connectivity index (χ0n) is 12.6. The summed E-state index contributed by atoms with van der Waals surface area (Å²) in [7, 11) is 1.69. The number of nitrogens with zero attached hydrogens (tertiary/aromatic N) is 1. The highest BCUT2D eigenvalue weighted by atomic mass is 16.5. The van der Waals surface area contributed by atoms with Crippen molar-refractivity contribution < 1.29 is 9.47 Å². The van der Waals surface area contributed by atoms with Crippen molar-refractivity contribution in [3.8, 4) is 5.75 Å². The zero-order chi connectivity index (χ0) is 14.9. The molecule has 0 unspecified atom stereocenters. The molecule has 112 valence electrons. The first kappa shape index (κ1) is 15.3. The molecule has 0 atom stereocenters. The Balaban J connectivity index is 1.94. The van der Waals surface area contributed by atoms with Gasteiger partial charge in [0.25, 0.3) is 0 Å². The monoisotopic (exact) mass is 286 g/mol. The van der Waals surface area contributed by atoms with Crippen molar-refractivity contribution in [3.05, 3.63) is 53.7 Å². The van der Waals surface area contributed by atoms with Crippen LogP contribution in [0.3, 0.4) is 0 Å². The minimum atomic E-state index is 0.528. The lowest BCUT2D eigenvalue weighted by Crippen LogP contribution is -2.03. The molecule has 0 radical (unpaired) electrons. The van der Waals surface area contributed by atoms with Crippen molar-refractivity contribution in [2.24, 2.45) is 0 Å². The highest BCUT2D eigenvalue weighted by Gasteiger charge is 2.00. The van der Waals surface area contributed by atoms with E-state index in [-0.39, 0.29) is 0 Å². The van der Waals surface area contributed by atoms with E-state index in [9.17, 15) is 0 Å². The summed E-state index contributed by atoms with van der Waals surface area (Å²) >= 11 is 0. The number of anilines is 1. The quantitative estimate of drug-likeness (QED) is 0.804. The molecule has 2 aromatic rings. The molecule has 1 heterocycles. The number of pyridine rings is 1. The lowest BCUT2D eigenvalue weighted by Gasteiger charge is -2.09. The average Bonchev–Trinajstić information content (AvgIpc) is 2.52. The Kier molecular flexibility index (Phi) is 6.03. The number of benzene rings is 1. The SMILES string of the molecule is CCCNc1cc(COc2cccc(COC)c2)ccn1. The molecule has 0 aliphatic rings. The molecule has 0 aliphatic carbocycles. The fraction of sp³-hybridized carbons (Fsp3) is 0.353. The molecule has 0 aliphatic heterocycles. The van der Waals surface area contributed by atoms with Crippen LogP contribution in [-0.2, 0) is 18.0 Å². The van der Waals surface area contributed by atoms with Crippen molar-refractivity contribution >= 4 is 5.82 Å². The molecule has 4 nitrogen and oxygen atoms in total. The minimum absolute atomic E-state index is 0.528. The van der Waals surface area contributed by atoms with Crippen LogP contribution in [0.4, 0.5) is 5.82 Å². The molecule has 0 spiro atoms. The van der Waals surface area contributed by atoms with E-state index in [0.29, 0.717) is 13.2 Å². The molecule has 1 aromatic carbocycles. The van der Waals surface area contributed by atoms with E-state index in [1.165, 1.54) is 0 Å². The van der Waals surface area contributed by atoms with Crippen LogP contribution in [-0.4, -0.2) is 18.6 Å². The Morgan fingerprint density at radius 2 is 1.95 bits per heavy atom. The predicted molar refractivity (Wildman–Crippen MR) is 84.5 cm³/mol. The van der Waals surface area contributed by atoms with Gasteiger partial charge < -0.3 is 14.8 Å². The summed E-state index contributed by atoms with van der Waals surface area (Å²) in [5, 5.41) is 3.28. The number of aromatic nitrogens is 1. The minimum Gasteiger partial charge on any atom is -0.489 e. The molecular formula is C17H22N2O2. The van der Waals surface area contributed by atoms with E-state index in [4.69, 9.17) is 9.47 Å². The molecule has 0 bridgehead atoms. The lowest BCUT2D eigenvalue weighted by atomic mass is 10.2. The first-order valence-corrected chi connectivity index (χ1v) is 7.21. The van der Waals surface area contributed by atoms with Gasteiger partial charge in [0, 0.05) is 19.9 Å². The van der Waals surface area contributed by atoms with Gasteiger partial charge in [-0.1, -0.05) is 19.1 Å². The zero-order valence-corrected chi connectivity index (χ0v) is 12.6. The number of rotatable bonds is 8. The third kappa shape index (κ3) is 5.08. The number of hydrogen-bond acceptors (Lipinski definition) is 4. The Morgan fingerprint density at radius 3 is 2.76 bits per heavy atom. The first-order chi connectivity index (χ1) is 10.3. The van der Waals surface area contributed by atoms with Gasteiger partial charge in [-0.2, -0.15) is 0 Å². The van der Waals surface area contributed by atoms with E-state index in [1.807, 2.05) is 36.4 Å². The van der Waals surface area contributed by atoms with E-state index in [2.05, 4.69) is 17.2 Å². The predicted octanol–water partition coefficient (Wildman–Crippen LogP) is 3.63. The maximum absolute atomic E-state index is 5.83. The second kappa shape index (κ2) is 8.27. The van der Waals surface area contributed by atoms with Gasteiger partial charge in [0.15, 0.2) is 0 Å². The molecule has 1 N–H and O–H groups in total. The second-order valence-corrected chi connectivity index (χ2v) is 4.85. The molecule has 0 saturated heterocycles. The molecule has 0 amide bonds. The normalized spacial score (nSPS) is 10.4. The molecule has 0 fully saturated rings. The summed E-state index contributed by atoms with van der Waals surface area (Å²) in [6, 6.07) is 11.9. The molecule has 2 rings (SSSR count). The number of ether oxygens (including phenoxy) is 2. The fourth-order valence-corrected chi connectivity index (χ4v) is 1.97. The summed E-state index contributed by atoms with van der Waals surface area (Å²) in [6.07, 6.45) is 2.88. The summed E-state index contributed by atoms with van der Waals surface area (Å²) in [6.45, 7) is 4.18. The average molecular weight is 286 g/mol. The third-order valence-electron chi connectivity index (χ3n) is 3.00. The van der Waals surface area contributed by atoms with Gasteiger partial charge in [0.05, 0.1) is 6.61 Å². The van der Waals surface area contributed by atoms with Crippen molar-refractivity contribution in [1.29, 1.82) is 0 Å².